The van der Waals surface area contributed by atoms with Crippen LogP contribution < -0.4 is 5.32 Å². The zero-order valence-electron chi connectivity index (χ0n) is 14.4. The third kappa shape index (κ3) is 3.08. The van der Waals surface area contributed by atoms with Crippen LogP contribution in [0.1, 0.15) is 38.5 Å². The first kappa shape index (κ1) is 15.4. The highest BCUT2D eigenvalue weighted by atomic mass is 15.3. The van der Waals surface area contributed by atoms with Crippen LogP contribution in [-0.2, 0) is 0 Å². The summed E-state index contributed by atoms with van der Waals surface area (Å²) in [5, 5.41) is 3.49. The lowest BCUT2D eigenvalue weighted by atomic mass is 9.68. The molecule has 3 heterocycles. The summed E-state index contributed by atoms with van der Waals surface area (Å²) >= 11 is 0. The largest absolute Gasteiger partial charge is 0.316 e. The summed E-state index contributed by atoms with van der Waals surface area (Å²) in [6.07, 6.45) is 8.69. The Morgan fingerprint density at radius 1 is 0.727 bits per heavy atom. The van der Waals surface area contributed by atoms with E-state index in [1.807, 2.05) is 0 Å². The maximum absolute atomic E-state index is 3.49. The Balaban J connectivity index is 1.22. The fourth-order valence-corrected chi connectivity index (χ4v) is 5.22. The highest BCUT2D eigenvalue weighted by Gasteiger charge is 2.41. The maximum atomic E-state index is 3.49. The highest BCUT2D eigenvalue weighted by Crippen LogP contribution is 2.41. The molecule has 0 aromatic heterocycles. The van der Waals surface area contributed by atoms with Crippen molar-refractivity contribution in [2.75, 3.05) is 59.4 Å². The maximum Gasteiger partial charge on any atom is 0.0121 e. The minimum Gasteiger partial charge on any atom is -0.316 e. The summed E-state index contributed by atoms with van der Waals surface area (Å²) in [5.41, 5.74) is 0.717. The molecule has 4 heteroatoms. The third-order valence-corrected chi connectivity index (χ3v) is 7.09. The van der Waals surface area contributed by atoms with Crippen molar-refractivity contribution in [3.63, 3.8) is 0 Å². The Hall–Kier alpha value is -0.160. The smallest absolute Gasteiger partial charge is 0.0121 e. The zero-order chi connectivity index (χ0) is 15.0. The second-order valence-corrected chi connectivity index (χ2v) is 8.44. The van der Waals surface area contributed by atoms with Gasteiger partial charge in [-0.15, -0.1) is 0 Å². The topological polar surface area (TPSA) is 21.8 Å². The van der Waals surface area contributed by atoms with E-state index in [9.17, 15) is 0 Å². The Bertz CT molecular complexity index is 355. The number of likely N-dealkylation sites (N-methyl/N-ethyl adjacent to an activating group) is 1. The summed E-state index contributed by atoms with van der Waals surface area (Å²) in [5.74, 6) is 0. The first-order valence-corrected chi connectivity index (χ1v) is 9.62. The molecule has 0 amide bonds. The lowest BCUT2D eigenvalue weighted by molar-refractivity contribution is 0.0182. The number of piperazine rings is 1. The van der Waals surface area contributed by atoms with E-state index in [4.69, 9.17) is 0 Å². The SMILES string of the molecule is CN1CCN(C2CCN(C3CCC4(CC3)CNC4)CC2)CC1. The third-order valence-electron chi connectivity index (χ3n) is 7.09. The molecule has 1 N–H and O–H groups in total. The molecular formula is C18H34N4. The fourth-order valence-electron chi connectivity index (χ4n) is 5.22. The summed E-state index contributed by atoms with van der Waals surface area (Å²) in [7, 11) is 2.26. The van der Waals surface area contributed by atoms with Gasteiger partial charge in [-0.1, -0.05) is 0 Å². The Morgan fingerprint density at radius 3 is 1.82 bits per heavy atom. The number of likely N-dealkylation sites (tertiary alicyclic amines) is 1. The quantitative estimate of drug-likeness (QED) is 0.828. The molecule has 0 radical (unpaired) electrons. The molecule has 0 aromatic carbocycles. The molecule has 22 heavy (non-hydrogen) atoms. The van der Waals surface area contributed by atoms with Gasteiger partial charge < -0.3 is 15.1 Å². The van der Waals surface area contributed by atoms with Crippen LogP contribution >= 0.6 is 0 Å². The summed E-state index contributed by atoms with van der Waals surface area (Å²) < 4.78 is 0. The lowest BCUT2D eigenvalue weighted by Crippen LogP contribution is -2.57. The second kappa shape index (κ2) is 6.39. The molecule has 0 bridgehead atoms. The van der Waals surface area contributed by atoms with Gasteiger partial charge >= 0.3 is 0 Å². The number of nitrogens with one attached hydrogen (secondary N) is 1. The van der Waals surface area contributed by atoms with E-state index in [0.717, 1.165) is 12.1 Å². The van der Waals surface area contributed by atoms with Crippen LogP contribution in [0.5, 0.6) is 0 Å². The standard InChI is InChI=1S/C18H34N4/c1-20-10-12-22(13-11-20)17-4-8-21(9-5-17)16-2-6-18(7-3-16)14-19-15-18/h16-17,19H,2-15H2,1H3. The second-order valence-electron chi connectivity index (χ2n) is 8.44. The first-order chi connectivity index (χ1) is 10.7. The van der Waals surface area contributed by atoms with Crippen LogP contribution in [0, 0.1) is 5.41 Å². The molecule has 1 aliphatic carbocycles. The van der Waals surface area contributed by atoms with E-state index >= 15 is 0 Å². The van der Waals surface area contributed by atoms with Gasteiger partial charge in [0.1, 0.15) is 0 Å². The summed E-state index contributed by atoms with van der Waals surface area (Å²) in [4.78, 5) is 8.08. The monoisotopic (exact) mass is 306 g/mol. The van der Waals surface area contributed by atoms with E-state index < -0.39 is 0 Å². The average molecular weight is 306 g/mol. The van der Waals surface area contributed by atoms with E-state index in [1.165, 1.54) is 90.9 Å². The van der Waals surface area contributed by atoms with Crippen molar-refractivity contribution in [1.82, 2.24) is 20.0 Å². The summed E-state index contributed by atoms with van der Waals surface area (Å²) in [6, 6.07) is 1.77. The molecule has 1 saturated carbocycles. The minimum absolute atomic E-state index is 0.717. The van der Waals surface area contributed by atoms with Crippen molar-refractivity contribution in [2.45, 2.75) is 50.6 Å². The molecule has 0 atom stereocenters. The number of hydrogen-bond acceptors (Lipinski definition) is 4. The van der Waals surface area contributed by atoms with Crippen LogP contribution in [0.15, 0.2) is 0 Å². The van der Waals surface area contributed by atoms with Crippen molar-refractivity contribution < 1.29 is 0 Å². The Labute approximate surface area is 136 Å². The van der Waals surface area contributed by atoms with Gasteiger partial charge in [-0.05, 0) is 64.1 Å². The lowest BCUT2D eigenvalue weighted by Gasteiger charge is -2.50. The molecule has 0 unspecified atom stereocenters. The number of hydrogen-bond donors (Lipinski definition) is 1. The molecule has 4 fully saturated rings. The number of piperidine rings is 1. The van der Waals surface area contributed by atoms with Crippen molar-refractivity contribution in [2.24, 2.45) is 5.41 Å². The van der Waals surface area contributed by atoms with Gasteiger partial charge in [-0.2, -0.15) is 0 Å². The van der Waals surface area contributed by atoms with Gasteiger partial charge in [-0.3, -0.25) is 4.90 Å². The van der Waals surface area contributed by atoms with Crippen LogP contribution in [0.3, 0.4) is 0 Å². The van der Waals surface area contributed by atoms with Crippen LogP contribution in [0.25, 0.3) is 0 Å². The van der Waals surface area contributed by atoms with E-state index in [1.54, 1.807) is 0 Å². The highest BCUT2D eigenvalue weighted by molar-refractivity contribution is 4.98. The fraction of sp³-hybridized carbons (Fsp3) is 1.00. The predicted octanol–water partition coefficient (Wildman–Crippen LogP) is 1.23. The van der Waals surface area contributed by atoms with E-state index in [-0.39, 0.29) is 0 Å². The van der Waals surface area contributed by atoms with Crippen molar-refractivity contribution in [3.05, 3.63) is 0 Å². The molecular weight excluding hydrogens is 272 g/mol. The van der Waals surface area contributed by atoms with Crippen molar-refractivity contribution >= 4 is 0 Å². The van der Waals surface area contributed by atoms with Gasteiger partial charge in [-0.25, -0.2) is 0 Å². The molecule has 0 aromatic rings. The predicted molar refractivity (Wildman–Crippen MR) is 91.2 cm³/mol. The van der Waals surface area contributed by atoms with Gasteiger partial charge in [0.05, 0.1) is 0 Å². The molecule has 4 rings (SSSR count). The van der Waals surface area contributed by atoms with Gasteiger partial charge in [0, 0.05) is 51.4 Å². The van der Waals surface area contributed by atoms with E-state index in [0.29, 0.717) is 5.41 Å². The van der Waals surface area contributed by atoms with Gasteiger partial charge in [0.15, 0.2) is 0 Å². The number of nitrogens with zero attached hydrogens (tertiary/aromatic N) is 3. The molecule has 126 valence electrons. The van der Waals surface area contributed by atoms with Gasteiger partial charge in [0.2, 0.25) is 0 Å². The molecule has 3 aliphatic heterocycles. The molecule has 4 aliphatic rings. The average Bonchev–Trinajstić information content (AvgIpc) is 2.55. The Morgan fingerprint density at radius 2 is 1.27 bits per heavy atom. The molecule has 3 saturated heterocycles. The van der Waals surface area contributed by atoms with Crippen molar-refractivity contribution in [3.8, 4) is 0 Å². The van der Waals surface area contributed by atoms with E-state index in [2.05, 4.69) is 27.1 Å². The number of rotatable bonds is 2. The van der Waals surface area contributed by atoms with Crippen LogP contribution in [0.4, 0.5) is 0 Å². The normalized spacial score (nSPS) is 33.1. The minimum atomic E-state index is 0.717. The van der Waals surface area contributed by atoms with Crippen molar-refractivity contribution in [1.29, 1.82) is 0 Å². The molecule has 4 nitrogen and oxygen atoms in total. The van der Waals surface area contributed by atoms with Crippen LogP contribution in [0.2, 0.25) is 0 Å². The van der Waals surface area contributed by atoms with Crippen LogP contribution in [-0.4, -0.2) is 86.2 Å². The first-order valence-electron chi connectivity index (χ1n) is 9.62. The Kier molecular flexibility index (Phi) is 4.46. The summed E-state index contributed by atoms with van der Waals surface area (Å²) in [6.45, 7) is 10.4. The van der Waals surface area contributed by atoms with Gasteiger partial charge in [0.25, 0.3) is 0 Å². The zero-order valence-corrected chi connectivity index (χ0v) is 14.4. The molecule has 1 spiro atoms.